The average Bonchev–Trinajstić information content (AvgIpc) is 2.48. The molecule has 21 heavy (non-hydrogen) atoms. The van der Waals surface area contributed by atoms with E-state index in [0.29, 0.717) is 17.8 Å². The predicted octanol–water partition coefficient (Wildman–Crippen LogP) is 2.15. The van der Waals surface area contributed by atoms with Crippen LogP contribution in [0, 0.1) is 0 Å². The Labute approximate surface area is 123 Å². The van der Waals surface area contributed by atoms with E-state index in [0.717, 1.165) is 6.42 Å². The maximum Gasteiger partial charge on any atom is 0.316 e. The van der Waals surface area contributed by atoms with Gasteiger partial charge in [0.2, 0.25) is 0 Å². The molecule has 0 heterocycles. The van der Waals surface area contributed by atoms with Crippen molar-refractivity contribution in [2.24, 2.45) is 5.73 Å². The Balaban J connectivity index is 1.89. The van der Waals surface area contributed by atoms with Gasteiger partial charge in [-0.25, -0.2) is 4.79 Å². The van der Waals surface area contributed by atoms with Gasteiger partial charge in [-0.05, 0) is 30.2 Å². The van der Waals surface area contributed by atoms with Gasteiger partial charge in [0.1, 0.15) is 0 Å². The van der Waals surface area contributed by atoms with E-state index in [2.05, 4.69) is 10.6 Å². The van der Waals surface area contributed by atoms with Crippen molar-refractivity contribution in [3.05, 3.63) is 65.7 Å². The molecule has 0 saturated heterocycles. The second-order valence-corrected chi connectivity index (χ2v) is 4.56. The number of hydrogen-bond acceptors (Lipinski definition) is 2. The van der Waals surface area contributed by atoms with Crippen LogP contribution in [0.5, 0.6) is 0 Å². The molecule has 4 N–H and O–H groups in total. The summed E-state index contributed by atoms with van der Waals surface area (Å²) >= 11 is 0. The van der Waals surface area contributed by atoms with E-state index in [1.165, 1.54) is 5.56 Å². The molecule has 2 rings (SSSR count). The minimum Gasteiger partial charge on any atom is -0.352 e. The van der Waals surface area contributed by atoms with Gasteiger partial charge < -0.3 is 16.4 Å². The molecule has 0 spiro atoms. The van der Waals surface area contributed by atoms with Crippen LogP contribution >= 0.6 is 0 Å². The lowest BCUT2D eigenvalue weighted by molar-refractivity contribution is 0.0954. The maximum absolute atomic E-state index is 12.0. The van der Waals surface area contributed by atoms with Gasteiger partial charge in [0.05, 0.1) is 0 Å². The van der Waals surface area contributed by atoms with Crippen LogP contribution in [-0.2, 0) is 6.42 Å². The number of carbonyl (C=O) groups is 2. The Hall–Kier alpha value is -2.82. The van der Waals surface area contributed by atoms with Gasteiger partial charge in [-0.15, -0.1) is 0 Å². The number of anilines is 1. The average molecular weight is 283 g/mol. The van der Waals surface area contributed by atoms with Crippen LogP contribution < -0.4 is 16.4 Å². The Morgan fingerprint density at radius 2 is 1.76 bits per heavy atom. The zero-order valence-electron chi connectivity index (χ0n) is 11.5. The summed E-state index contributed by atoms with van der Waals surface area (Å²) in [6.07, 6.45) is 0.770. The third-order valence-corrected chi connectivity index (χ3v) is 2.93. The highest BCUT2D eigenvalue weighted by atomic mass is 16.2. The van der Waals surface area contributed by atoms with Gasteiger partial charge in [-0.1, -0.05) is 36.4 Å². The third kappa shape index (κ3) is 4.65. The normalized spacial score (nSPS) is 9.90. The summed E-state index contributed by atoms with van der Waals surface area (Å²) in [5.41, 5.74) is 7.19. The first-order valence-electron chi connectivity index (χ1n) is 6.64. The SMILES string of the molecule is NC(=O)Nc1cccc(C(=O)NCCc2ccccc2)c1. The molecule has 0 unspecified atom stereocenters. The van der Waals surface area contributed by atoms with E-state index in [1.54, 1.807) is 24.3 Å². The largest absolute Gasteiger partial charge is 0.352 e. The Morgan fingerprint density at radius 1 is 1.00 bits per heavy atom. The van der Waals surface area contributed by atoms with Crippen molar-refractivity contribution in [1.82, 2.24) is 5.32 Å². The first-order chi connectivity index (χ1) is 10.1. The third-order valence-electron chi connectivity index (χ3n) is 2.93. The monoisotopic (exact) mass is 283 g/mol. The molecule has 0 radical (unpaired) electrons. The van der Waals surface area contributed by atoms with Gasteiger partial charge in [-0.2, -0.15) is 0 Å². The van der Waals surface area contributed by atoms with Gasteiger partial charge >= 0.3 is 6.03 Å². The lowest BCUT2D eigenvalue weighted by Crippen LogP contribution is -2.26. The quantitative estimate of drug-likeness (QED) is 0.785. The molecular formula is C16H17N3O2. The van der Waals surface area contributed by atoms with E-state index < -0.39 is 6.03 Å². The summed E-state index contributed by atoms with van der Waals surface area (Å²) in [6, 6.07) is 15.9. The second kappa shape index (κ2) is 7.09. The fourth-order valence-corrected chi connectivity index (χ4v) is 1.95. The predicted molar refractivity (Wildman–Crippen MR) is 82.1 cm³/mol. The van der Waals surface area contributed by atoms with Crippen LogP contribution in [0.4, 0.5) is 10.5 Å². The van der Waals surface area contributed by atoms with Crippen molar-refractivity contribution in [2.45, 2.75) is 6.42 Å². The lowest BCUT2D eigenvalue weighted by Gasteiger charge is -2.07. The summed E-state index contributed by atoms with van der Waals surface area (Å²) in [5.74, 6) is -0.181. The van der Waals surface area contributed by atoms with Crippen molar-refractivity contribution in [3.63, 3.8) is 0 Å². The van der Waals surface area contributed by atoms with E-state index in [9.17, 15) is 9.59 Å². The maximum atomic E-state index is 12.0. The molecule has 0 atom stereocenters. The summed E-state index contributed by atoms with van der Waals surface area (Å²) in [4.78, 5) is 22.8. The van der Waals surface area contributed by atoms with Crippen molar-refractivity contribution in [2.75, 3.05) is 11.9 Å². The van der Waals surface area contributed by atoms with Crippen LogP contribution in [0.2, 0.25) is 0 Å². The Morgan fingerprint density at radius 3 is 2.48 bits per heavy atom. The van der Waals surface area contributed by atoms with Crippen LogP contribution in [-0.4, -0.2) is 18.5 Å². The van der Waals surface area contributed by atoms with Crippen molar-refractivity contribution < 1.29 is 9.59 Å². The van der Waals surface area contributed by atoms with Crippen molar-refractivity contribution in [3.8, 4) is 0 Å². The highest BCUT2D eigenvalue weighted by molar-refractivity contribution is 5.96. The highest BCUT2D eigenvalue weighted by Gasteiger charge is 2.06. The molecule has 5 heteroatoms. The molecule has 0 bridgehead atoms. The van der Waals surface area contributed by atoms with Gasteiger partial charge in [0.15, 0.2) is 0 Å². The number of rotatable bonds is 5. The molecule has 2 aromatic carbocycles. The molecule has 0 fully saturated rings. The zero-order valence-corrected chi connectivity index (χ0v) is 11.5. The fourth-order valence-electron chi connectivity index (χ4n) is 1.95. The molecule has 0 aliphatic heterocycles. The smallest absolute Gasteiger partial charge is 0.316 e. The van der Waals surface area contributed by atoms with Gasteiger partial charge in [-0.3, -0.25) is 4.79 Å². The van der Waals surface area contributed by atoms with Gasteiger partial charge in [0.25, 0.3) is 5.91 Å². The van der Waals surface area contributed by atoms with E-state index in [1.807, 2.05) is 30.3 Å². The molecule has 0 aliphatic rings. The van der Waals surface area contributed by atoms with Crippen molar-refractivity contribution in [1.29, 1.82) is 0 Å². The molecule has 108 valence electrons. The minimum absolute atomic E-state index is 0.181. The number of urea groups is 1. The molecule has 0 aromatic heterocycles. The number of benzene rings is 2. The zero-order chi connectivity index (χ0) is 15.1. The summed E-state index contributed by atoms with van der Waals surface area (Å²) in [7, 11) is 0. The first-order valence-corrected chi connectivity index (χ1v) is 6.64. The van der Waals surface area contributed by atoms with Crippen molar-refractivity contribution >= 4 is 17.6 Å². The van der Waals surface area contributed by atoms with E-state index in [4.69, 9.17) is 5.73 Å². The molecule has 2 aromatic rings. The lowest BCUT2D eigenvalue weighted by atomic mass is 10.1. The van der Waals surface area contributed by atoms with Crippen LogP contribution in [0.3, 0.4) is 0 Å². The van der Waals surface area contributed by atoms with Crippen LogP contribution in [0.25, 0.3) is 0 Å². The van der Waals surface area contributed by atoms with Crippen LogP contribution in [0.1, 0.15) is 15.9 Å². The molecule has 0 saturated carbocycles. The Bertz CT molecular complexity index is 626. The topological polar surface area (TPSA) is 84.2 Å². The highest BCUT2D eigenvalue weighted by Crippen LogP contribution is 2.10. The van der Waals surface area contributed by atoms with Crippen LogP contribution in [0.15, 0.2) is 54.6 Å². The summed E-state index contributed by atoms with van der Waals surface area (Å²) < 4.78 is 0. The summed E-state index contributed by atoms with van der Waals surface area (Å²) in [5, 5.41) is 5.29. The second-order valence-electron chi connectivity index (χ2n) is 4.56. The number of primary amides is 1. The number of nitrogens with two attached hydrogens (primary N) is 1. The van der Waals surface area contributed by atoms with Gasteiger partial charge in [0, 0.05) is 17.8 Å². The summed E-state index contributed by atoms with van der Waals surface area (Å²) in [6.45, 7) is 0.552. The van der Waals surface area contributed by atoms with E-state index in [-0.39, 0.29) is 5.91 Å². The number of carbonyl (C=O) groups excluding carboxylic acids is 2. The standard InChI is InChI=1S/C16H17N3O2/c17-16(21)19-14-8-4-7-13(11-14)15(20)18-10-9-12-5-2-1-3-6-12/h1-8,11H,9-10H2,(H,18,20)(H3,17,19,21). The van der Waals surface area contributed by atoms with E-state index >= 15 is 0 Å². The molecule has 5 nitrogen and oxygen atoms in total. The number of hydrogen-bond donors (Lipinski definition) is 3. The fraction of sp³-hybridized carbons (Fsp3) is 0.125. The minimum atomic E-state index is -0.656. The number of amides is 3. The number of nitrogens with one attached hydrogen (secondary N) is 2. The molecular weight excluding hydrogens is 266 g/mol. The Kier molecular flexibility index (Phi) is 4.93. The first kappa shape index (κ1) is 14.6. The molecule has 3 amide bonds. The molecule has 0 aliphatic carbocycles.